The fourth-order valence-corrected chi connectivity index (χ4v) is 3.04. The van der Waals surface area contributed by atoms with Gasteiger partial charge in [0, 0.05) is 29.1 Å². The van der Waals surface area contributed by atoms with Crippen LogP contribution in [0, 0.1) is 6.92 Å². The maximum Gasteiger partial charge on any atom is 0.266 e. The van der Waals surface area contributed by atoms with Crippen molar-refractivity contribution in [2.45, 2.75) is 6.92 Å². The number of carbonyl (C=O) groups excluding carboxylic acids is 2. The summed E-state index contributed by atoms with van der Waals surface area (Å²) in [4.78, 5) is 26.2. The number of hydrogen-bond donors (Lipinski definition) is 1. The highest BCUT2D eigenvalue weighted by molar-refractivity contribution is 7.80. The second-order valence-electron chi connectivity index (χ2n) is 5.76. The summed E-state index contributed by atoms with van der Waals surface area (Å²) >= 11 is 11.3. The van der Waals surface area contributed by atoms with Gasteiger partial charge in [-0.25, -0.2) is 0 Å². The number of aryl methyl sites for hydroxylation is 1. The van der Waals surface area contributed by atoms with E-state index < -0.39 is 11.8 Å². The lowest BCUT2D eigenvalue weighted by Gasteiger charge is -2.27. The minimum absolute atomic E-state index is 0.0126. The van der Waals surface area contributed by atoms with Crippen LogP contribution in [0.5, 0.6) is 0 Å². The molecular formula is C19H16ClN3O2S. The molecule has 0 aliphatic carbocycles. The summed E-state index contributed by atoms with van der Waals surface area (Å²) in [6.07, 6.45) is 4.93. The molecule has 0 atom stereocenters. The normalized spacial score (nSPS) is 16.2. The average Bonchev–Trinajstić information content (AvgIpc) is 3.06. The van der Waals surface area contributed by atoms with E-state index in [0.29, 0.717) is 10.7 Å². The number of carbonyl (C=O) groups is 2. The van der Waals surface area contributed by atoms with E-state index in [9.17, 15) is 9.59 Å². The van der Waals surface area contributed by atoms with E-state index in [1.807, 2.05) is 48.0 Å². The van der Waals surface area contributed by atoms with Crippen LogP contribution in [0.4, 0.5) is 0 Å². The van der Waals surface area contributed by atoms with Crippen molar-refractivity contribution < 1.29 is 9.59 Å². The lowest BCUT2D eigenvalue weighted by atomic mass is 10.1. The Balaban J connectivity index is 2.02. The second-order valence-corrected chi connectivity index (χ2v) is 6.55. The molecule has 1 aromatic carbocycles. The molecule has 1 saturated heterocycles. The van der Waals surface area contributed by atoms with E-state index in [-0.39, 0.29) is 17.2 Å². The highest BCUT2D eigenvalue weighted by atomic mass is 35.5. The van der Waals surface area contributed by atoms with Gasteiger partial charge in [-0.3, -0.25) is 19.8 Å². The van der Waals surface area contributed by atoms with Gasteiger partial charge in [0.2, 0.25) is 0 Å². The zero-order valence-corrected chi connectivity index (χ0v) is 15.6. The first-order valence-electron chi connectivity index (χ1n) is 7.86. The number of hydrogen-bond acceptors (Lipinski definition) is 3. The number of amides is 2. The van der Waals surface area contributed by atoms with Crippen molar-refractivity contribution in [1.82, 2.24) is 14.8 Å². The van der Waals surface area contributed by atoms with Crippen molar-refractivity contribution in [1.29, 1.82) is 0 Å². The fraction of sp³-hybridized carbons (Fsp3) is 0.105. The van der Waals surface area contributed by atoms with E-state index in [4.69, 9.17) is 23.8 Å². The van der Waals surface area contributed by atoms with Gasteiger partial charge in [0.15, 0.2) is 5.11 Å². The van der Waals surface area contributed by atoms with Gasteiger partial charge in [-0.15, -0.1) is 6.58 Å². The first-order chi connectivity index (χ1) is 12.4. The number of thiocarbonyl (C=S) groups is 1. The van der Waals surface area contributed by atoms with Crippen LogP contribution >= 0.6 is 23.8 Å². The first-order valence-corrected chi connectivity index (χ1v) is 8.64. The Morgan fingerprint density at radius 2 is 2.08 bits per heavy atom. The smallest absolute Gasteiger partial charge is 0.266 e. The molecule has 3 rings (SSSR count). The standard InChI is InChI=1S/C19H16ClN3O2S/c1-3-8-23-18(25)15(17(24)21-19(23)26)10-13-5-4-9-22(13)14-7-6-12(2)16(20)11-14/h3-7,9-11H,1,8H2,2H3,(H,21,24,26)/b15-10+. The second kappa shape index (κ2) is 7.27. The lowest BCUT2D eigenvalue weighted by Crippen LogP contribution is -2.53. The molecule has 0 saturated carbocycles. The van der Waals surface area contributed by atoms with E-state index in [1.165, 1.54) is 4.90 Å². The summed E-state index contributed by atoms with van der Waals surface area (Å²) < 4.78 is 1.85. The van der Waals surface area contributed by atoms with Gasteiger partial charge in [0.05, 0.1) is 0 Å². The number of benzene rings is 1. The molecule has 2 heterocycles. The maximum absolute atomic E-state index is 12.6. The summed E-state index contributed by atoms with van der Waals surface area (Å²) in [5.41, 5.74) is 2.49. The molecule has 5 nitrogen and oxygen atoms in total. The van der Waals surface area contributed by atoms with Gasteiger partial charge in [0.25, 0.3) is 11.8 Å². The summed E-state index contributed by atoms with van der Waals surface area (Å²) in [7, 11) is 0. The van der Waals surface area contributed by atoms with Crippen molar-refractivity contribution in [3.8, 4) is 5.69 Å². The minimum Gasteiger partial charge on any atom is -0.317 e. The van der Waals surface area contributed by atoms with Crippen LogP contribution in [0.3, 0.4) is 0 Å². The third-order valence-corrected chi connectivity index (χ3v) is 4.73. The molecule has 7 heteroatoms. The third-order valence-electron chi connectivity index (χ3n) is 4.00. The molecule has 1 aromatic heterocycles. The number of halogens is 1. The molecule has 132 valence electrons. The maximum atomic E-state index is 12.6. The van der Waals surface area contributed by atoms with Crippen molar-refractivity contribution >= 4 is 46.8 Å². The van der Waals surface area contributed by atoms with E-state index >= 15 is 0 Å². The van der Waals surface area contributed by atoms with Crippen molar-refractivity contribution in [3.63, 3.8) is 0 Å². The number of nitrogens with one attached hydrogen (secondary N) is 1. The average molecular weight is 386 g/mol. The van der Waals surface area contributed by atoms with Crippen LogP contribution in [-0.4, -0.2) is 32.9 Å². The quantitative estimate of drug-likeness (QED) is 0.380. The first kappa shape index (κ1) is 18.1. The zero-order chi connectivity index (χ0) is 18.8. The van der Waals surface area contributed by atoms with Crippen LogP contribution in [0.1, 0.15) is 11.3 Å². The van der Waals surface area contributed by atoms with E-state index in [1.54, 1.807) is 12.2 Å². The summed E-state index contributed by atoms with van der Waals surface area (Å²) in [5, 5.41) is 3.26. The SMILES string of the molecule is C=CCN1C(=O)/C(=C/c2cccn2-c2ccc(C)c(Cl)c2)C(=O)NC1=S. The molecule has 0 bridgehead atoms. The highest BCUT2D eigenvalue weighted by Crippen LogP contribution is 2.23. The molecule has 0 spiro atoms. The van der Waals surface area contributed by atoms with Crippen LogP contribution in [0.25, 0.3) is 11.8 Å². The molecule has 1 fully saturated rings. The zero-order valence-electron chi connectivity index (χ0n) is 14.0. The highest BCUT2D eigenvalue weighted by Gasteiger charge is 2.32. The van der Waals surface area contributed by atoms with Gasteiger partial charge < -0.3 is 4.57 Å². The van der Waals surface area contributed by atoms with Crippen LogP contribution in [0.15, 0.2) is 54.8 Å². The summed E-state index contributed by atoms with van der Waals surface area (Å²) in [6, 6.07) is 9.31. The molecule has 2 aromatic rings. The summed E-state index contributed by atoms with van der Waals surface area (Å²) in [6.45, 7) is 5.76. The third kappa shape index (κ3) is 3.34. The minimum atomic E-state index is -0.519. The Morgan fingerprint density at radius 3 is 2.77 bits per heavy atom. The fourth-order valence-electron chi connectivity index (χ4n) is 2.62. The van der Waals surface area contributed by atoms with Gasteiger partial charge in [0.1, 0.15) is 5.57 Å². The topological polar surface area (TPSA) is 54.3 Å². The van der Waals surface area contributed by atoms with Crippen molar-refractivity contribution in [2.24, 2.45) is 0 Å². The summed E-state index contributed by atoms with van der Waals surface area (Å²) in [5.74, 6) is -0.969. The van der Waals surface area contributed by atoms with Crippen LogP contribution < -0.4 is 5.32 Å². The monoisotopic (exact) mass is 385 g/mol. The predicted octanol–water partition coefficient (Wildman–Crippen LogP) is 3.25. The molecule has 2 amide bonds. The Kier molecular flexibility index (Phi) is 5.06. The Bertz CT molecular complexity index is 961. The molecule has 1 aliphatic rings. The van der Waals surface area contributed by atoms with Crippen LogP contribution in [0.2, 0.25) is 5.02 Å². The van der Waals surface area contributed by atoms with Gasteiger partial charge in [-0.1, -0.05) is 23.7 Å². The molecule has 0 radical (unpaired) electrons. The number of rotatable bonds is 4. The molecular weight excluding hydrogens is 370 g/mol. The Morgan fingerprint density at radius 1 is 1.31 bits per heavy atom. The van der Waals surface area contributed by atoms with Crippen LogP contribution in [-0.2, 0) is 9.59 Å². The lowest BCUT2D eigenvalue weighted by molar-refractivity contribution is -0.128. The van der Waals surface area contributed by atoms with Gasteiger partial charge in [-0.05, 0) is 55.0 Å². The number of aromatic nitrogens is 1. The van der Waals surface area contributed by atoms with Gasteiger partial charge >= 0.3 is 0 Å². The van der Waals surface area contributed by atoms with Crippen molar-refractivity contribution in [3.05, 3.63) is 71.0 Å². The number of nitrogens with zero attached hydrogens (tertiary/aromatic N) is 2. The van der Waals surface area contributed by atoms with E-state index in [2.05, 4.69) is 11.9 Å². The molecule has 1 N–H and O–H groups in total. The molecule has 1 aliphatic heterocycles. The molecule has 26 heavy (non-hydrogen) atoms. The Hall–Kier alpha value is -2.70. The van der Waals surface area contributed by atoms with E-state index in [0.717, 1.165) is 11.3 Å². The predicted molar refractivity (Wildman–Crippen MR) is 106 cm³/mol. The molecule has 0 unspecified atom stereocenters. The Labute approximate surface area is 161 Å². The van der Waals surface area contributed by atoms with Crippen molar-refractivity contribution in [2.75, 3.05) is 6.54 Å². The largest absolute Gasteiger partial charge is 0.317 e. The van der Waals surface area contributed by atoms with Gasteiger partial charge in [-0.2, -0.15) is 0 Å².